The van der Waals surface area contributed by atoms with E-state index in [2.05, 4.69) is 19.1 Å². The maximum Gasteiger partial charge on any atom is 0.0709 e. The van der Waals surface area contributed by atoms with Crippen molar-refractivity contribution in [3.05, 3.63) is 30.3 Å². The Morgan fingerprint density at radius 3 is 2.41 bits per heavy atom. The van der Waals surface area contributed by atoms with Crippen LogP contribution in [0.25, 0.3) is 0 Å². The summed E-state index contributed by atoms with van der Waals surface area (Å²) in [5, 5.41) is 19.5. The van der Waals surface area contributed by atoms with Crippen molar-refractivity contribution in [2.75, 3.05) is 6.61 Å². The van der Waals surface area contributed by atoms with Gasteiger partial charge in [0.2, 0.25) is 0 Å². The molecule has 0 saturated carbocycles. The molecule has 1 aromatic rings. The Morgan fingerprint density at radius 1 is 1.24 bits per heavy atom. The number of benzene rings is 1. The number of aliphatic hydroxyl groups is 2. The fourth-order valence-electron chi connectivity index (χ4n) is 1.73. The van der Waals surface area contributed by atoms with Crippen LogP contribution in [0.15, 0.2) is 35.2 Å². The molecule has 3 atom stereocenters. The smallest absolute Gasteiger partial charge is 0.0709 e. The van der Waals surface area contributed by atoms with Crippen LogP contribution in [0, 0.1) is 5.92 Å². The molecule has 17 heavy (non-hydrogen) atoms. The standard InChI is InChI=1S/C14H22O2S/c1-3-7-13(14(16)11(2)10-15)17-12-8-5-4-6-9-12/h4-6,8-9,11,13-16H,3,7,10H2,1-2H3/t11-,13+,14-/m0/s1. The highest BCUT2D eigenvalue weighted by Gasteiger charge is 2.24. The molecule has 3 heteroatoms. The number of hydrogen-bond donors (Lipinski definition) is 2. The molecule has 0 radical (unpaired) electrons. The minimum Gasteiger partial charge on any atom is -0.396 e. The van der Waals surface area contributed by atoms with Gasteiger partial charge in [0.05, 0.1) is 6.10 Å². The summed E-state index contributed by atoms with van der Waals surface area (Å²) in [6, 6.07) is 10.1. The van der Waals surface area contributed by atoms with E-state index in [9.17, 15) is 5.11 Å². The van der Waals surface area contributed by atoms with Gasteiger partial charge in [-0.15, -0.1) is 11.8 Å². The molecular formula is C14H22O2S. The van der Waals surface area contributed by atoms with Crippen molar-refractivity contribution in [2.24, 2.45) is 5.92 Å². The van der Waals surface area contributed by atoms with Gasteiger partial charge in [0.15, 0.2) is 0 Å². The van der Waals surface area contributed by atoms with Crippen molar-refractivity contribution in [3.63, 3.8) is 0 Å². The number of rotatable bonds is 7. The molecule has 0 aromatic heterocycles. The Hall–Kier alpha value is -0.510. The van der Waals surface area contributed by atoms with E-state index in [4.69, 9.17) is 5.11 Å². The third-order valence-corrected chi connectivity index (χ3v) is 4.22. The Labute approximate surface area is 108 Å². The lowest BCUT2D eigenvalue weighted by molar-refractivity contribution is 0.0734. The topological polar surface area (TPSA) is 40.5 Å². The second-order valence-electron chi connectivity index (χ2n) is 4.41. The van der Waals surface area contributed by atoms with Crippen molar-refractivity contribution in [3.8, 4) is 0 Å². The van der Waals surface area contributed by atoms with Gasteiger partial charge in [0.25, 0.3) is 0 Å². The normalized spacial score (nSPS) is 16.5. The summed E-state index contributed by atoms with van der Waals surface area (Å²) in [5.74, 6) is -0.0669. The second-order valence-corrected chi connectivity index (χ2v) is 5.72. The first-order valence-corrected chi connectivity index (χ1v) is 7.07. The molecule has 0 heterocycles. The van der Waals surface area contributed by atoms with Crippen LogP contribution in [-0.4, -0.2) is 28.2 Å². The monoisotopic (exact) mass is 254 g/mol. The molecule has 2 N–H and O–H groups in total. The molecule has 1 aromatic carbocycles. The molecule has 0 bridgehead atoms. The molecule has 1 rings (SSSR count). The zero-order valence-electron chi connectivity index (χ0n) is 10.5. The Morgan fingerprint density at radius 2 is 1.88 bits per heavy atom. The van der Waals surface area contributed by atoms with Crippen molar-refractivity contribution < 1.29 is 10.2 Å². The van der Waals surface area contributed by atoms with Gasteiger partial charge in [0.1, 0.15) is 0 Å². The van der Waals surface area contributed by atoms with Crippen LogP contribution in [0.5, 0.6) is 0 Å². The van der Waals surface area contributed by atoms with Crippen molar-refractivity contribution in [1.82, 2.24) is 0 Å². The van der Waals surface area contributed by atoms with Crippen LogP contribution in [0.2, 0.25) is 0 Å². The zero-order chi connectivity index (χ0) is 12.7. The molecule has 2 nitrogen and oxygen atoms in total. The van der Waals surface area contributed by atoms with Crippen molar-refractivity contribution in [2.45, 2.75) is 42.9 Å². The quantitative estimate of drug-likeness (QED) is 0.735. The lowest BCUT2D eigenvalue weighted by atomic mass is 10.0. The molecule has 0 aliphatic rings. The van der Waals surface area contributed by atoms with Gasteiger partial charge in [-0.25, -0.2) is 0 Å². The lowest BCUT2D eigenvalue weighted by Gasteiger charge is -2.26. The van der Waals surface area contributed by atoms with Crippen LogP contribution >= 0.6 is 11.8 Å². The summed E-state index contributed by atoms with van der Waals surface area (Å²) < 4.78 is 0. The van der Waals surface area contributed by atoms with Crippen LogP contribution in [0.1, 0.15) is 26.7 Å². The minimum absolute atomic E-state index is 0.0384. The van der Waals surface area contributed by atoms with Gasteiger partial charge in [-0.05, 0) is 18.6 Å². The average Bonchev–Trinajstić information content (AvgIpc) is 2.37. The fourth-order valence-corrected chi connectivity index (χ4v) is 3.16. The summed E-state index contributed by atoms with van der Waals surface area (Å²) in [7, 11) is 0. The fraction of sp³-hybridized carbons (Fsp3) is 0.571. The average molecular weight is 254 g/mol. The van der Waals surface area contributed by atoms with Crippen LogP contribution in [0.4, 0.5) is 0 Å². The molecule has 0 aliphatic heterocycles. The van der Waals surface area contributed by atoms with Gasteiger partial charge < -0.3 is 10.2 Å². The Kier molecular flexibility index (Phi) is 6.63. The third kappa shape index (κ3) is 4.70. The SMILES string of the molecule is CCC[C@@H](Sc1ccccc1)[C@@H](O)[C@@H](C)CO. The van der Waals surface area contributed by atoms with E-state index < -0.39 is 6.10 Å². The van der Waals surface area contributed by atoms with Crippen LogP contribution < -0.4 is 0 Å². The predicted molar refractivity (Wildman–Crippen MR) is 73.3 cm³/mol. The molecular weight excluding hydrogens is 232 g/mol. The lowest BCUT2D eigenvalue weighted by Crippen LogP contribution is -2.31. The molecule has 0 saturated heterocycles. The molecule has 0 unspecified atom stereocenters. The summed E-state index contributed by atoms with van der Waals surface area (Å²) in [4.78, 5) is 1.18. The molecule has 96 valence electrons. The van der Waals surface area contributed by atoms with Gasteiger partial charge in [-0.1, -0.05) is 38.5 Å². The zero-order valence-corrected chi connectivity index (χ0v) is 11.4. The minimum atomic E-state index is -0.454. The summed E-state index contributed by atoms with van der Waals surface area (Å²) >= 11 is 1.70. The maximum absolute atomic E-state index is 10.2. The third-order valence-electron chi connectivity index (χ3n) is 2.86. The molecule has 0 spiro atoms. The van der Waals surface area contributed by atoms with Crippen molar-refractivity contribution in [1.29, 1.82) is 0 Å². The first-order chi connectivity index (χ1) is 8.19. The van der Waals surface area contributed by atoms with Gasteiger partial charge in [-0.2, -0.15) is 0 Å². The highest BCUT2D eigenvalue weighted by Crippen LogP contribution is 2.30. The van der Waals surface area contributed by atoms with E-state index in [1.807, 2.05) is 25.1 Å². The number of thioether (sulfide) groups is 1. The van der Waals surface area contributed by atoms with E-state index in [1.165, 1.54) is 4.90 Å². The first kappa shape index (κ1) is 14.6. The summed E-state index contributed by atoms with van der Waals surface area (Å²) in [6.45, 7) is 4.05. The van der Waals surface area contributed by atoms with E-state index in [-0.39, 0.29) is 17.8 Å². The highest BCUT2D eigenvalue weighted by molar-refractivity contribution is 8.00. The Bertz CT molecular complexity index is 302. The first-order valence-electron chi connectivity index (χ1n) is 6.19. The van der Waals surface area contributed by atoms with Gasteiger partial charge in [0, 0.05) is 22.7 Å². The van der Waals surface area contributed by atoms with Gasteiger partial charge in [-0.3, -0.25) is 0 Å². The summed E-state index contributed by atoms with van der Waals surface area (Å²) in [6.07, 6.45) is 1.55. The van der Waals surface area contributed by atoms with E-state index >= 15 is 0 Å². The largest absolute Gasteiger partial charge is 0.396 e. The number of hydrogen-bond acceptors (Lipinski definition) is 3. The number of aliphatic hydroxyl groups excluding tert-OH is 2. The van der Waals surface area contributed by atoms with Crippen LogP contribution in [-0.2, 0) is 0 Å². The summed E-state index contributed by atoms with van der Waals surface area (Å²) in [5.41, 5.74) is 0. The van der Waals surface area contributed by atoms with Gasteiger partial charge >= 0.3 is 0 Å². The van der Waals surface area contributed by atoms with Crippen molar-refractivity contribution >= 4 is 11.8 Å². The molecule has 0 amide bonds. The second kappa shape index (κ2) is 7.75. The Balaban J connectivity index is 2.66. The maximum atomic E-state index is 10.2. The molecule has 0 aliphatic carbocycles. The van der Waals surface area contributed by atoms with E-state index in [0.29, 0.717) is 0 Å². The molecule has 0 fully saturated rings. The van der Waals surface area contributed by atoms with Crippen LogP contribution in [0.3, 0.4) is 0 Å². The van der Waals surface area contributed by atoms with E-state index in [1.54, 1.807) is 11.8 Å². The van der Waals surface area contributed by atoms with E-state index in [0.717, 1.165) is 12.8 Å². The highest BCUT2D eigenvalue weighted by atomic mass is 32.2. The predicted octanol–water partition coefficient (Wildman–Crippen LogP) is 2.94.